The van der Waals surface area contributed by atoms with E-state index in [2.05, 4.69) is 0 Å². The van der Waals surface area contributed by atoms with Crippen LogP contribution in [0.4, 0.5) is 10.1 Å². The van der Waals surface area contributed by atoms with Crippen LogP contribution in [-0.4, -0.2) is 30.9 Å². The molecule has 0 fully saturated rings. The number of amides is 2. The fraction of sp³-hybridized carbons (Fsp3) is 0.148. The zero-order valence-electron chi connectivity index (χ0n) is 18.9. The van der Waals surface area contributed by atoms with Gasteiger partial charge >= 0.3 is 0 Å². The molecule has 2 aliphatic rings. The Balaban J connectivity index is 1.67. The molecule has 6 rings (SSSR count). The van der Waals surface area contributed by atoms with Gasteiger partial charge in [-0.2, -0.15) is 0 Å². The van der Waals surface area contributed by atoms with Crippen LogP contribution in [0.2, 0.25) is 0 Å². The van der Waals surface area contributed by atoms with Gasteiger partial charge in [-0.1, -0.05) is 30.3 Å². The lowest BCUT2D eigenvalue weighted by Gasteiger charge is -2.34. The van der Waals surface area contributed by atoms with Gasteiger partial charge in [0.15, 0.2) is 11.0 Å². The summed E-state index contributed by atoms with van der Waals surface area (Å²) in [4.78, 5) is 44.5. The first kappa shape index (κ1) is 21.1. The van der Waals surface area contributed by atoms with E-state index in [4.69, 9.17) is 9.15 Å². The first-order valence-electron chi connectivity index (χ1n) is 11.0. The van der Waals surface area contributed by atoms with Gasteiger partial charge in [-0.15, -0.1) is 0 Å². The van der Waals surface area contributed by atoms with Crippen molar-refractivity contribution in [2.45, 2.75) is 12.1 Å². The molecule has 0 bridgehead atoms. The minimum absolute atomic E-state index is 0.0259. The number of hydrogen-bond donors (Lipinski definition) is 0. The first-order valence-corrected chi connectivity index (χ1v) is 11.0. The molecule has 1 aromatic heterocycles. The summed E-state index contributed by atoms with van der Waals surface area (Å²) in [6.45, 7) is 0.0328. The fourth-order valence-corrected chi connectivity index (χ4v) is 5.20. The molecule has 35 heavy (non-hydrogen) atoms. The van der Waals surface area contributed by atoms with Crippen LogP contribution in [0.15, 0.2) is 75.9 Å². The average molecular weight is 470 g/mol. The van der Waals surface area contributed by atoms with Crippen LogP contribution in [0.3, 0.4) is 0 Å². The second-order valence-electron chi connectivity index (χ2n) is 8.61. The summed E-state index contributed by atoms with van der Waals surface area (Å²) in [6.07, 6.45) is 0. The predicted octanol–water partition coefficient (Wildman–Crippen LogP) is 3.82. The number of carbonyl (C=O) groups excluding carboxylic acids is 2. The summed E-state index contributed by atoms with van der Waals surface area (Å²) in [5, 5.41) is -0.0259. The second-order valence-corrected chi connectivity index (χ2v) is 8.61. The quantitative estimate of drug-likeness (QED) is 0.455. The molecule has 8 heteroatoms. The Kier molecular flexibility index (Phi) is 4.38. The Bertz CT molecular complexity index is 1610. The molecule has 0 radical (unpaired) electrons. The average Bonchev–Trinajstić information content (AvgIpc) is 3.25. The molecule has 3 heterocycles. The molecular weight excluding hydrogens is 451 g/mol. The van der Waals surface area contributed by atoms with Crippen molar-refractivity contribution in [2.24, 2.45) is 0 Å². The minimum Gasteiger partial charge on any atom is -0.497 e. The van der Waals surface area contributed by atoms with Gasteiger partial charge in [0.25, 0.3) is 11.8 Å². The lowest BCUT2D eigenvalue weighted by atomic mass is 9.83. The van der Waals surface area contributed by atoms with Gasteiger partial charge in [-0.3, -0.25) is 14.4 Å². The molecule has 0 N–H and O–H groups in total. The number of methoxy groups -OCH3 is 1. The molecular formula is C27H19FN2O5. The number of ether oxygens (including phenoxy) is 1. The highest BCUT2D eigenvalue weighted by Crippen LogP contribution is 2.52. The molecule has 1 spiro atoms. The molecule has 0 aliphatic carbocycles. The van der Waals surface area contributed by atoms with Crippen LogP contribution in [0.5, 0.6) is 5.75 Å². The van der Waals surface area contributed by atoms with Gasteiger partial charge in [-0.05, 0) is 42.0 Å². The van der Waals surface area contributed by atoms with Crippen LogP contribution < -0.4 is 15.1 Å². The summed E-state index contributed by atoms with van der Waals surface area (Å²) in [7, 11) is 3.16. The highest BCUT2D eigenvalue weighted by molar-refractivity contribution is 6.16. The van der Waals surface area contributed by atoms with E-state index >= 15 is 0 Å². The fourth-order valence-electron chi connectivity index (χ4n) is 5.20. The SMILES string of the molecule is COc1ccc(CN2C(=O)c3oc4ccc(F)cc4c(=O)c3C23C(=O)N(C)c2ccccc23)cc1. The third-order valence-electron chi connectivity index (χ3n) is 6.83. The Morgan fingerprint density at radius 3 is 2.49 bits per heavy atom. The topological polar surface area (TPSA) is 80.1 Å². The highest BCUT2D eigenvalue weighted by Gasteiger charge is 2.64. The lowest BCUT2D eigenvalue weighted by molar-refractivity contribution is -0.126. The summed E-state index contributed by atoms with van der Waals surface area (Å²) in [5.41, 5.74) is -0.543. The van der Waals surface area contributed by atoms with Crippen molar-refractivity contribution >= 4 is 28.5 Å². The molecule has 1 unspecified atom stereocenters. The Morgan fingerprint density at radius 2 is 1.74 bits per heavy atom. The number of hydrogen-bond acceptors (Lipinski definition) is 5. The number of halogens is 1. The number of rotatable bonds is 3. The van der Waals surface area contributed by atoms with E-state index in [1.165, 1.54) is 15.9 Å². The third-order valence-corrected chi connectivity index (χ3v) is 6.83. The van der Waals surface area contributed by atoms with Crippen LogP contribution in [-0.2, 0) is 16.9 Å². The van der Waals surface area contributed by atoms with E-state index in [9.17, 15) is 18.8 Å². The molecule has 0 saturated heterocycles. The zero-order valence-corrected chi connectivity index (χ0v) is 18.9. The standard InChI is InChI=1S/C27H19FN2O5/c1-29-20-6-4-3-5-19(20)27(26(29)33)22-23(31)18-13-16(28)9-12-21(18)35-24(22)25(32)30(27)14-15-7-10-17(34-2)11-8-15/h3-13H,14H2,1-2H3. The van der Waals surface area contributed by atoms with E-state index in [0.29, 0.717) is 17.0 Å². The van der Waals surface area contributed by atoms with Gasteiger partial charge in [0.05, 0.1) is 18.1 Å². The molecule has 1 atom stereocenters. The summed E-state index contributed by atoms with van der Waals surface area (Å²) in [6, 6.07) is 17.7. The lowest BCUT2D eigenvalue weighted by Crippen LogP contribution is -2.52. The van der Waals surface area contributed by atoms with Gasteiger partial charge in [0.1, 0.15) is 17.1 Å². The maximum Gasteiger partial charge on any atom is 0.291 e. The number of fused-ring (bicyclic) bond motifs is 5. The van der Waals surface area contributed by atoms with Crippen LogP contribution in [0.1, 0.15) is 27.2 Å². The normalized spacial score (nSPS) is 18.5. The number of benzene rings is 3. The Hall–Kier alpha value is -4.46. The maximum absolute atomic E-state index is 14.1. The van der Waals surface area contributed by atoms with E-state index in [-0.39, 0.29) is 28.8 Å². The number of carbonyl (C=O) groups is 2. The number of likely N-dealkylation sites (N-methyl/N-ethyl adjacent to an activating group) is 1. The maximum atomic E-state index is 14.1. The van der Waals surface area contributed by atoms with Gasteiger partial charge in [0.2, 0.25) is 5.76 Å². The van der Waals surface area contributed by atoms with Crippen molar-refractivity contribution in [2.75, 3.05) is 19.1 Å². The Morgan fingerprint density at radius 1 is 1.00 bits per heavy atom. The first-order chi connectivity index (χ1) is 16.9. The molecule has 174 valence electrons. The molecule has 3 aromatic carbocycles. The second kappa shape index (κ2) is 7.27. The van der Waals surface area contributed by atoms with E-state index in [1.54, 1.807) is 62.7 Å². The third kappa shape index (κ3) is 2.67. The number of para-hydroxylation sites is 1. The van der Waals surface area contributed by atoms with Crippen molar-refractivity contribution in [3.05, 3.63) is 105 Å². The van der Waals surface area contributed by atoms with E-state index in [0.717, 1.165) is 17.7 Å². The molecule has 0 saturated carbocycles. The largest absolute Gasteiger partial charge is 0.497 e. The minimum atomic E-state index is -1.74. The Labute approximate surface area is 198 Å². The zero-order chi connectivity index (χ0) is 24.5. The van der Waals surface area contributed by atoms with Gasteiger partial charge in [-0.25, -0.2) is 4.39 Å². The van der Waals surface area contributed by atoms with Crippen LogP contribution >= 0.6 is 0 Å². The van der Waals surface area contributed by atoms with Crippen molar-refractivity contribution in [1.82, 2.24) is 4.90 Å². The van der Waals surface area contributed by atoms with Crippen molar-refractivity contribution in [3.63, 3.8) is 0 Å². The van der Waals surface area contributed by atoms with E-state index < -0.39 is 28.6 Å². The predicted molar refractivity (Wildman–Crippen MR) is 126 cm³/mol. The molecule has 7 nitrogen and oxygen atoms in total. The molecule has 2 amide bonds. The monoisotopic (exact) mass is 470 g/mol. The van der Waals surface area contributed by atoms with Crippen LogP contribution in [0.25, 0.3) is 11.0 Å². The van der Waals surface area contributed by atoms with Crippen LogP contribution in [0, 0.1) is 5.82 Å². The molecule has 2 aliphatic heterocycles. The van der Waals surface area contributed by atoms with Crippen molar-refractivity contribution in [3.8, 4) is 5.75 Å². The van der Waals surface area contributed by atoms with Crippen molar-refractivity contribution in [1.29, 1.82) is 0 Å². The summed E-state index contributed by atoms with van der Waals surface area (Å²) < 4.78 is 25.2. The smallest absolute Gasteiger partial charge is 0.291 e. The van der Waals surface area contributed by atoms with Crippen molar-refractivity contribution < 1.29 is 23.1 Å². The summed E-state index contributed by atoms with van der Waals surface area (Å²) in [5.74, 6) is -1.22. The number of nitrogens with zero attached hydrogens (tertiary/aromatic N) is 2. The summed E-state index contributed by atoms with van der Waals surface area (Å²) >= 11 is 0. The van der Waals surface area contributed by atoms with Gasteiger partial charge < -0.3 is 19.0 Å². The number of anilines is 1. The molecule has 4 aromatic rings. The highest BCUT2D eigenvalue weighted by atomic mass is 19.1. The van der Waals surface area contributed by atoms with E-state index in [1.807, 2.05) is 0 Å². The van der Waals surface area contributed by atoms with Gasteiger partial charge in [0, 0.05) is 24.8 Å².